The average molecular weight is 421 g/mol. The lowest BCUT2D eigenvalue weighted by Gasteiger charge is -2.15. The van der Waals surface area contributed by atoms with E-state index in [1.807, 2.05) is 59.9 Å². The van der Waals surface area contributed by atoms with E-state index in [4.69, 9.17) is 5.14 Å². The topological polar surface area (TPSA) is 110 Å². The summed E-state index contributed by atoms with van der Waals surface area (Å²) in [5, 5.41) is 8.02. The summed E-state index contributed by atoms with van der Waals surface area (Å²) in [5.74, 6) is 0.0137. The van der Waals surface area contributed by atoms with Crippen LogP contribution in [-0.4, -0.2) is 19.2 Å². The molecule has 0 fully saturated rings. The summed E-state index contributed by atoms with van der Waals surface area (Å²) >= 11 is 0. The van der Waals surface area contributed by atoms with Gasteiger partial charge in [0.25, 0.3) is 0 Å². The molecule has 152 valence electrons. The highest BCUT2D eigenvalue weighted by atomic mass is 32.2. The van der Waals surface area contributed by atoms with Crippen molar-refractivity contribution in [2.45, 2.75) is 17.5 Å². The number of carbonyl (C=O) groups is 1. The lowest BCUT2D eigenvalue weighted by molar-refractivity contribution is -0.697. The normalized spacial score (nSPS) is 12.7. The van der Waals surface area contributed by atoms with Crippen molar-refractivity contribution in [1.82, 2.24) is 4.98 Å². The molecule has 4 rings (SSSR count). The number of quaternary nitrogens is 1. The summed E-state index contributed by atoms with van der Waals surface area (Å²) in [6, 6.07) is 23.3. The highest BCUT2D eigenvalue weighted by Crippen LogP contribution is 2.23. The van der Waals surface area contributed by atoms with Crippen molar-refractivity contribution in [3.05, 3.63) is 102 Å². The lowest BCUT2D eigenvalue weighted by atomic mass is 9.96. The first-order valence-electron chi connectivity index (χ1n) is 9.54. The molecule has 1 aromatic heterocycles. The number of H-pyrrole nitrogens is 1. The molecule has 5 N–H and O–H groups in total. The number of para-hydroxylation sites is 1. The van der Waals surface area contributed by atoms with Crippen LogP contribution in [-0.2, 0) is 16.6 Å². The van der Waals surface area contributed by atoms with E-state index in [9.17, 15) is 13.2 Å². The molecule has 4 aromatic rings. The van der Waals surface area contributed by atoms with Crippen molar-refractivity contribution in [3.8, 4) is 0 Å². The Balaban J connectivity index is 1.62. The summed E-state index contributed by atoms with van der Waals surface area (Å²) in [6.07, 6.45) is 1.76. The van der Waals surface area contributed by atoms with Crippen molar-refractivity contribution >= 4 is 26.7 Å². The number of rotatable bonds is 7. The first-order chi connectivity index (χ1) is 14.4. The third-order valence-corrected chi connectivity index (χ3v) is 6.07. The van der Waals surface area contributed by atoms with Gasteiger partial charge < -0.3 is 10.3 Å². The van der Waals surface area contributed by atoms with Crippen molar-refractivity contribution in [1.29, 1.82) is 0 Å². The largest absolute Gasteiger partial charge is 0.360 e. The quantitative estimate of drug-likeness (QED) is 0.400. The maximum atomic E-state index is 13.5. The highest BCUT2D eigenvalue weighted by molar-refractivity contribution is 7.89. The van der Waals surface area contributed by atoms with Gasteiger partial charge in [0, 0.05) is 33.8 Å². The highest BCUT2D eigenvalue weighted by Gasteiger charge is 2.27. The van der Waals surface area contributed by atoms with E-state index in [1.165, 1.54) is 12.1 Å². The van der Waals surface area contributed by atoms with Crippen molar-refractivity contribution in [3.63, 3.8) is 0 Å². The summed E-state index contributed by atoms with van der Waals surface area (Å²) < 4.78 is 22.9. The van der Waals surface area contributed by atoms with Gasteiger partial charge in [-0.15, -0.1) is 0 Å². The first-order valence-corrected chi connectivity index (χ1v) is 11.1. The van der Waals surface area contributed by atoms with Crippen LogP contribution >= 0.6 is 0 Å². The van der Waals surface area contributed by atoms with Crippen LogP contribution in [0.4, 0.5) is 0 Å². The minimum Gasteiger partial charge on any atom is -0.360 e. The maximum Gasteiger partial charge on any atom is 0.238 e. The molecule has 0 saturated carbocycles. The number of aromatic nitrogens is 1. The smallest absolute Gasteiger partial charge is 0.238 e. The Morgan fingerprint density at radius 1 is 0.933 bits per heavy atom. The van der Waals surface area contributed by atoms with Gasteiger partial charge in [-0.2, -0.15) is 0 Å². The summed E-state index contributed by atoms with van der Waals surface area (Å²) in [7, 11) is -3.73. The van der Waals surface area contributed by atoms with Crippen LogP contribution in [0, 0.1) is 0 Å². The zero-order valence-corrected chi connectivity index (χ0v) is 17.0. The van der Waals surface area contributed by atoms with E-state index in [0.29, 0.717) is 12.1 Å². The molecule has 0 aliphatic rings. The van der Waals surface area contributed by atoms with Gasteiger partial charge in [0.15, 0.2) is 6.04 Å². The molecule has 0 unspecified atom stereocenters. The number of benzene rings is 3. The standard InChI is InChI=1S/C23H21N3O3S/c24-30(28,29)18-12-10-16(11-13-18)14-26-22(17-6-2-1-3-7-17)23(27)20-15-25-21-9-5-4-8-19(20)21/h1-13,15,22,25-26H,14H2,(H2,24,28,29)/p+1/t22-/m0/s1. The molecule has 0 aliphatic heterocycles. The fourth-order valence-electron chi connectivity index (χ4n) is 3.57. The SMILES string of the molecule is NS(=O)(=O)c1ccc(C[NH2+][C@H](C(=O)c2c[nH]c3ccccc23)c2ccccc2)cc1. The van der Waals surface area contributed by atoms with Gasteiger partial charge in [0.05, 0.1) is 4.90 Å². The molecule has 30 heavy (non-hydrogen) atoms. The molecule has 0 radical (unpaired) electrons. The van der Waals surface area contributed by atoms with Crippen LogP contribution in [0.15, 0.2) is 90.0 Å². The Morgan fingerprint density at radius 3 is 2.30 bits per heavy atom. The number of sulfonamides is 1. The van der Waals surface area contributed by atoms with E-state index in [-0.39, 0.29) is 10.7 Å². The zero-order valence-electron chi connectivity index (χ0n) is 16.2. The number of hydrogen-bond acceptors (Lipinski definition) is 3. The van der Waals surface area contributed by atoms with Crippen LogP contribution in [0.5, 0.6) is 0 Å². The second kappa shape index (κ2) is 8.23. The van der Waals surface area contributed by atoms with Crippen LogP contribution in [0.25, 0.3) is 10.9 Å². The number of Topliss-reactive ketones (excluding diaryl/α,β-unsaturated/α-hetero) is 1. The number of aromatic amines is 1. The number of fused-ring (bicyclic) bond motifs is 1. The third kappa shape index (κ3) is 4.18. The minimum atomic E-state index is -3.73. The molecule has 1 atom stereocenters. The summed E-state index contributed by atoms with van der Waals surface area (Å²) in [6.45, 7) is 0.512. The molecule has 0 aliphatic carbocycles. The van der Waals surface area contributed by atoms with Crippen LogP contribution in [0.3, 0.4) is 0 Å². The molecule has 0 amide bonds. The van der Waals surface area contributed by atoms with Gasteiger partial charge in [-0.1, -0.05) is 60.7 Å². The monoisotopic (exact) mass is 420 g/mol. The van der Waals surface area contributed by atoms with Crippen molar-refractivity contribution < 1.29 is 18.5 Å². The summed E-state index contributed by atoms with van der Waals surface area (Å²) in [5.41, 5.74) is 3.38. The second-order valence-corrected chi connectivity index (χ2v) is 8.69. The van der Waals surface area contributed by atoms with Crippen LogP contribution in [0.2, 0.25) is 0 Å². The molecule has 0 saturated heterocycles. The van der Waals surface area contributed by atoms with E-state index < -0.39 is 16.1 Å². The van der Waals surface area contributed by atoms with Gasteiger partial charge >= 0.3 is 0 Å². The fourth-order valence-corrected chi connectivity index (χ4v) is 4.08. The van der Waals surface area contributed by atoms with E-state index in [1.54, 1.807) is 18.3 Å². The number of carbonyl (C=O) groups excluding carboxylic acids is 1. The Labute approximate surface area is 174 Å². The number of ketones is 1. The number of nitrogens with two attached hydrogens (primary N) is 2. The molecule has 7 heteroatoms. The Hall–Kier alpha value is -3.26. The third-order valence-electron chi connectivity index (χ3n) is 5.14. The Morgan fingerprint density at radius 2 is 1.60 bits per heavy atom. The van der Waals surface area contributed by atoms with Crippen LogP contribution in [0.1, 0.15) is 27.5 Å². The minimum absolute atomic E-state index is 0.0137. The van der Waals surface area contributed by atoms with Gasteiger partial charge in [-0.3, -0.25) is 4.79 Å². The molecular weight excluding hydrogens is 398 g/mol. The summed E-state index contributed by atoms with van der Waals surface area (Å²) in [4.78, 5) is 16.7. The number of nitrogens with one attached hydrogen (secondary N) is 1. The lowest BCUT2D eigenvalue weighted by Crippen LogP contribution is -2.85. The van der Waals surface area contributed by atoms with Crippen molar-refractivity contribution in [2.24, 2.45) is 5.14 Å². The number of hydrogen-bond donors (Lipinski definition) is 3. The predicted octanol–water partition coefficient (Wildman–Crippen LogP) is 2.50. The van der Waals surface area contributed by atoms with E-state index in [2.05, 4.69) is 4.98 Å². The second-order valence-electron chi connectivity index (χ2n) is 7.13. The molecular formula is C23H22N3O3S+. The van der Waals surface area contributed by atoms with Gasteiger partial charge in [0.1, 0.15) is 6.54 Å². The molecule has 1 heterocycles. The predicted molar refractivity (Wildman–Crippen MR) is 115 cm³/mol. The van der Waals surface area contributed by atoms with Gasteiger partial charge in [-0.25, -0.2) is 13.6 Å². The van der Waals surface area contributed by atoms with E-state index >= 15 is 0 Å². The molecule has 3 aromatic carbocycles. The van der Waals surface area contributed by atoms with Crippen molar-refractivity contribution in [2.75, 3.05) is 0 Å². The fraction of sp³-hybridized carbons (Fsp3) is 0.0870. The van der Waals surface area contributed by atoms with Gasteiger partial charge in [0.2, 0.25) is 15.8 Å². The maximum absolute atomic E-state index is 13.5. The molecule has 0 spiro atoms. The number of primary sulfonamides is 1. The average Bonchev–Trinajstić information content (AvgIpc) is 3.18. The van der Waals surface area contributed by atoms with E-state index in [0.717, 1.165) is 22.0 Å². The zero-order chi connectivity index (χ0) is 21.1. The molecule has 0 bridgehead atoms. The van der Waals surface area contributed by atoms with Gasteiger partial charge in [-0.05, 0) is 18.2 Å². The Bertz CT molecular complexity index is 1280. The Kier molecular flexibility index (Phi) is 5.50. The molecule has 6 nitrogen and oxygen atoms in total. The first kappa shape index (κ1) is 20.0. The van der Waals surface area contributed by atoms with Crippen LogP contribution < -0.4 is 10.5 Å².